The van der Waals surface area contributed by atoms with Crippen LogP contribution in [0.1, 0.15) is 156 Å². The molecule has 182 valence electrons. The second kappa shape index (κ2) is 19.6. The second-order valence-corrected chi connectivity index (χ2v) is 9.77. The summed E-state index contributed by atoms with van der Waals surface area (Å²) in [5.41, 5.74) is -2.51. The van der Waals surface area contributed by atoms with Crippen molar-refractivity contribution in [3.05, 3.63) is 0 Å². The summed E-state index contributed by atoms with van der Waals surface area (Å²) in [6.07, 6.45) is 22.7. The summed E-state index contributed by atoms with van der Waals surface area (Å²) < 4.78 is 0. The van der Waals surface area contributed by atoms with Crippen LogP contribution in [0.25, 0.3) is 0 Å². The minimum Gasteiger partial charge on any atom is -0.393 e. The van der Waals surface area contributed by atoms with Crippen LogP contribution in [0.15, 0.2) is 0 Å². The van der Waals surface area contributed by atoms with Crippen molar-refractivity contribution in [2.75, 3.05) is 6.61 Å². The van der Waals surface area contributed by atoms with E-state index >= 15 is 0 Å². The van der Waals surface area contributed by atoms with Crippen LogP contribution in [0, 0.1) is 0 Å². The molecule has 0 aromatic carbocycles. The van der Waals surface area contributed by atoms with Crippen LogP contribution < -0.4 is 0 Å². The van der Waals surface area contributed by atoms with Crippen LogP contribution in [-0.2, 0) is 0 Å². The summed E-state index contributed by atoms with van der Waals surface area (Å²) in [5, 5.41) is 33.0. The fraction of sp³-hybridized carbons (Fsp3) is 1.00. The summed E-state index contributed by atoms with van der Waals surface area (Å²) >= 11 is 0. The highest BCUT2D eigenvalue weighted by molar-refractivity contribution is 4.99. The van der Waals surface area contributed by atoms with E-state index in [1.165, 1.54) is 77.0 Å². The molecule has 0 heterocycles. The van der Waals surface area contributed by atoms with Gasteiger partial charge < -0.3 is 15.3 Å². The number of hydrogen-bond donors (Lipinski definition) is 3. The molecule has 0 fully saturated rings. The lowest BCUT2D eigenvalue weighted by molar-refractivity contribution is -0.185. The molecular weight excluding hydrogens is 372 g/mol. The van der Waals surface area contributed by atoms with Gasteiger partial charge in [0.15, 0.2) is 0 Å². The van der Waals surface area contributed by atoms with Crippen LogP contribution in [0.3, 0.4) is 0 Å². The van der Waals surface area contributed by atoms with Crippen LogP contribution in [-0.4, -0.2) is 33.1 Å². The molecule has 0 amide bonds. The highest BCUT2D eigenvalue weighted by atomic mass is 16.4. The molecule has 0 rings (SSSR count). The van der Waals surface area contributed by atoms with Crippen molar-refractivity contribution in [2.45, 2.75) is 167 Å². The first-order valence-electron chi connectivity index (χ1n) is 13.5. The highest BCUT2D eigenvalue weighted by Crippen LogP contribution is 2.37. The Morgan fingerprint density at radius 1 is 0.400 bits per heavy atom. The summed E-state index contributed by atoms with van der Waals surface area (Å²) in [4.78, 5) is 0. The minimum atomic E-state index is -1.36. The van der Waals surface area contributed by atoms with Crippen molar-refractivity contribution in [2.24, 2.45) is 0 Å². The third-order valence-electron chi connectivity index (χ3n) is 6.96. The zero-order valence-electron chi connectivity index (χ0n) is 20.9. The molecule has 0 aliphatic carbocycles. The fourth-order valence-electron chi connectivity index (χ4n) is 4.64. The van der Waals surface area contributed by atoms with Crippen LogP contribution in [0.2, 0.25) is 0 Å². The normalized spacial score (nSPS) is 14.2. The second-order valence-electron chi connectivity index (χ2n) is 9.77. The Balaban J connectivity index is 4.70. The number of unbranched alkanes of at least 4 members (excludes halogenated alkanes) is 15. The summed E-state index contributed by atoms with van der Waals surface area (Å²) in [7, 11) is 0. The molecule has 0 radical (unpaired) electrons. The van der Waals surface area contributed by atoms with E-state index in [1.54, 1.807) is 0 Å². The van der Waals surface area contributed by atoms with Gasteiger partial charge in [-0.3, -0.25) is 0 Å². The Morgan fingerprint density at radius 3 is 0.967 bits per heavy atom. The van der Waals surface area contributed by atoms with Gasteiger partial charge in [0, 0.05) is 0 Å². The van der Waals surface area contributed by atoms with Gasteiger partial charge in [0.2, 0.25) is 0 Å². The topological polar surface area (TPSA) is 60.7 Å². The number of rotatable bonds is 23. The molecule has 0 aliphatic rings. The van der Waals surface area contributed by atoms with E-state index in [-0.39, 0.29) is 6.61 Å². The predicted molar refractivity (Wildman–Crippen MR) is 131 cm³/mol. The van der Waals surface area contributed by atoms with Crippen LogP contribution in [0.5, 0.6) is 0 Å². The van der Waals surface area contributed by atoms with Crippen molar-refractivity contribution >= 4 is 0 Å². The number of aliphatic hydroxyl groups is 3. The molecule has 0 aromatic rings. The van der Waals surface area contributed by atoms with E-state index in [0.717, 1.165) is 38.5 Å². The largest absolute Gasteiger partial charge is 0.393 e. The molecule has 30 heavy (non-hydrogen) atoms. The van der Waals surface area contributed by atoms with Gasteiger partial charge in [0.25, 0.3) is 0 Å². The van der Waals surface area contributed by atoms with E-state index in [1.807, 2.05) is 0 Å². The molecule has 0 saturated heterocycles. The molecule has 3 heteroatoms. The maximum atomic E-state index is 11.6. The third-order valence-corrected chi connectivity index (χ3v) is 6.96. The average molecular weight is 429 g/mol. The molecule has 0 aromatic heterocycles. The maximum absolute atomic E-state index is 11.6. The lowest BCUT2D eigenvalue weighted by Gasteiger charge is -2.43. The van der Waals surface area contributed by atoms with Gasteiger partial charge in [-0.25, -0.2) is 0 Å². The Labute approximate surface area is 189 Å². The zero-order chi connectivity index (χ0) is 22.6. The smallest absolute Gasteiger partial charge is 0.116 e. The SMILES string of the molecule is CCCCCCCCC(O)(CO)C(O)(CCCCCCCC)CCCCCCCC. The lowest BCUT2D eigenvalue weighted by atomic mass is 9.73. The zero-order valence-corrected chi connectivity index (χ0v) is 20.9. The van der Waals surface area contributed by atoms with E-state index in [9.17, 15) is 15.3 Å². The molecule has 1 unspecified atom stereocenters. The third kappa shape index (κ3) is 13.3. The molecule has 1 atom stereocenters. The molecule has 3 nitrogen and oxygen atoms in total. The van der Waals surface area contributed by atoms with E-state index < -0.39 is 11.2 Å². The summed E-state index contributed by atoms with van der Waals surface area (Å²) in [6, 6.07) is 0. The molecule has 0 aliphatic heterocycles. The van der Waals surface area contributed by atoms with E-state index in [0.29, 0.717) is 19.3 Å². The van der Waals surface area contributed by atoms with Crippen molar-refractivity contribution < 1.29 is 15.3 Å². The first-order valence-corrected chi connectivity index (χ1v) is 13.5. The predicted octanol–water partition coefficient (Wildman–Crippen LogP) is 7.69. The molecular formula is C27H56O3. The van der Waals surface area contributed by atoms with Gasteiger partial charge >= 0.3 is 0 Å². The minimum absolute atomic E-state index is 0.329. The Hall–Kier alpha value is -0.120. The van der Waals surface area contributed by atoms with E-state index in [4.69, 9.17) is 0 Å². The van der Waals surface area contributed by atoms with Gasteiger partial charge in [-0.2, -0.15) is 0 Å². The van der Waals surface area contributed by atoms with Gasteiger partial charge in [-0.15, -0.1) is 0 Å². The van der Waals surface area contributed by atoms with E-state index in [2.05, 4.69) is 20.8 Å². The number of aliphatic hydroxyl groups excluding tert-OH is 1. The fourth-order valence-corrected chi connectivity index (χ4v) is 4.64. The average Bonchev–Trinajstić information content (AvgIpc) is 2.75. The van der Waals surface area contributed by atoms with Crippen LogP contribution >= 0.6 is 0 Å². The molecule has 0 spiro atoms. The van der Waals surface area contributed by atoms with Gasteiger partial charge in [-0.1, -0.05) is 136 Å². The Morgan fingerprint density at radius 2 is 0.667 bits per heavy atom. The maximum Gasteiger partial charge on any atom is 0.116 e. The van der Waals surface area contributed by atoms with Gasteiger partial charge in [-0.05, 0) is 19.3 Å². The highest BCUT2D eigenvalue weighted by Gasteiger charge is 2.47. The van der Waals surface area contributed by atoms with Crippen molar-refractivity contribution in [1.82, 2.24) is 0 Å². The monoisotopic (exact) mass is 428 g/mol. The van der Waals surface area contributed by atoms with Crippen molar-refractivity contribution in [3.63, 3.8) is 0 Å². The van der Waals surface area contributed by atoms with Crippen molar-refractivity contribution in [1.29, 1.82) is 0 Å². The first-order chi connectivity index (χ1) is 14.5. The number of hydrogen-bond acceptors (Lipinski definition) is 3. The Kier molecular flexibility index (Phi) is 19.5. The van der Waals surface area contributed by atoms with Crippen LogP contribution in [0.4, 0.5) is 0 Å². The summed E-state index contributed by atoms with van der Waals surface area (Å²) in [5.74, 6) is 0. The van der Waals surface area contributed by atoms with Gasteiger partial charge in [0.1, 0.15) is 5.60 Å². The van der Waals surface area contributed by atoms with Crippen molar-refractivity contribution in [3.8, 4) is 0 Å². The quantitative estimate of drug-likeness (QED) is 0.146. The summed E-state index contributed by atoms with van der Waals surface area (Å²) in [6.45, 7) is 6.34. The standard InChI is InChI=1S/C27H56O3/c1-4-7-10-13-16-19-22-26(29,23-20-17-14-11-8-5-2)27(30,25-28)24-21-18-15-12-9-6-3/h28-30H,4-25H2,1-3H3. The molecule has 3 N–H and O–H groups in total. The lowest BCUT2D eigenvalue weighted by Crippen LogP contribution is -2.56. The van der Waals surface area contributed by atoms with Gasteiger partial charge in [0.05, 0.1) is 12.2 Å². The Bertz CT molecular complexity index is 342. The first kappa shape index (κ1) is 29.9. The molecule has 0 saturated carbocycles. The molecule has 0 bridgehead atoms.